The Balaban J connectivity index is 1.60. The molecular formula is C14H14N4O. The fraction of sp³-hybridized carbons (Fsp3) is 0.286. The zero-order valence-electron chi connectivity index (χ0n) is 10.4. The monoisotopic (exact) mass is 254 g/mol. The Kier molecular flexibility index (Phi) is 3.18. The largest absolute Gasteiger partial charge is 0.347 e. The zero-order chi connectivity index (χ0) is 13.1. The first-order valence-electron chi connectivity index (χ1n) is 6.33. The molecule has 19 heavy (non-hydrogen) atoms. The van der Waals surface area contributed by atoms with Gasteiger partial charge in [0.2, 0.25) is 0 Å². The minimum absolute atomic E-state index is 0.202. The van der Waals surface area contributed by atoms with Crippen LogP contribution in [0.3, 0.4) is 0 Å². The van der Waals surface area contributed by atoms with Gasteiger partial charge in [0.05, 0.1) is 5.69 Å². The van der Waals surface area contributed by atoms with Gasteiger partial charge in [-0.15, -0.1) is 5.10 Å². The third kappa shape index (κ3) is 2.93. The standard InChI is InChI=1S/C14H14N4O/c19-14(16-9-10-5-7-15-8-6-10)13-4-3-12(17-18-13)11-1-2-11/h3-8,11H,1-2,9H2,(H,16,19). The molecule has 0 atom stereocenters. The van der Waals surface area contributed by atoms with Gasteiger partial charge in [0, 0.05) is 24.9 Å². The van der Waals surface area contributed by atoms with E-state index in [-0.39, 0.29) is 5.91 Å². The fourth-order valence-electron chi connectivity index (χ4n) is 1.83. The quantitative estimate of drug-likeness (QED) is 0.901. The lowest BCUT2D eigenvalue weighted by Crippen LogP contribution is -2.24. The molecule has 1 aliphatic rings. The maximum Gasteiger partial charge on any atom is 0.272 e. The van der Waals surface area contributed by atoms with Crippen LogP contribution < -0.4 is 5.32 Å². The molecule has 1 amide bonds. The Morgan fingerprint density at radius 2 is 1.95 bits per heavy atom. The van der Waals surface area contributed by atoms with E-state index in [4.69, 9.17) is 0 Å². The Bertz CT molecular complexity index is 564. The van der Waals surface area contributed by atoms with Crippen LogP contribution in [0.2, 0.25) is 0 Å². The lowest BCUT2D eigenvalue weighted by Gasteiger charge is -2.04. The molecule has 2 heterocycles. The molecule has 5 heteroatoms. The minimum atomic E-state index is -0.202. The molecule has 3 rings (SSSR count). The number of hydrogen-bond donors (Lipinski definition) is 1. The Hall–Kier alpha value is -2.30. The van der Waals surface area contributed by atoms with Crippen LogP contribution in [0.1, 0.15) is 40.5 Å². The van der Waals surface area contributed by atoms with E-state index in [1.54, 1.807) is 18.5 Å². The van der Waals surface area contributed by atoms with Gasteiger partial charge in [-0.3, -0.25) is 9.78 Å². The van der Waals surface area contributed by atoms with Gasteiger partial charge >= 0.3 is 0 Å². The van der Waals surface area contributed by atoms with Crippen LogP contribution in [0.4, 0.5) is 0 Å². The molecule has 5 nitrogen and oxygen atoms in total. The van der Waals surface area contributed by atoms with Gasteiger partial charge in [-0.2, -0.15) is 5.10 Å². The smallest absolute Gasteiger partial charge is 0.272 e. The first-order chi connectivity index (χ1) is 9.33. The van der Waals surface area contributed by atoms with Crippen LogP contribution in [0, 0.1) is 0 Å². The number of amides is 1. The molecule has 96 valence electrons. The summed E-state index contributed by atoms with van der Waals surface area (Å²) in [5.74, 6) is 0.355. The summed E-state index contributed by atoms with van der Waals surface area (Å²) in [6.07, 6.45) is 5.77. The highest BCUT2D eigenvalue weighted by Crippen LogP contribution is 2.38. The number of carbonyl (C=O) groups excluding carboxylic acids is 1. The van der Waals surface area contributed by atoms with E-state index >= 15 is 0 Å². The number of hydrogen-bond acceptors (Lipinski definition) is 4. The van der Waals surface area contributed by atoms with E-state index in [9.17, 15) is 4.79 Å². The van der Waals surface area contributed by atoms with Crippen LogP contribution in [0.15, 0.2) is 36.7 Å². The van der Waals surface area contributed by atoms with E-state index in [2.05, 4.69) is 20.5 Å². The lowest BCUT2D eigenvalue weighted by atomic mass is 10.2. The second-order valence-electron chi connectivity index (χ2n) is 4.66. The highest BCUT2D eigenvalue weighted by molar-refractivity contribution is 5.91. The lowest BCUT2D eigenvalue weighted by molar-refractivity contribution is 0.0945. The van der Waals surface area contributed by atoms with Gasteiger partial charge in [-0.25, -0.2) is 0 Å². The van der Waals surface area contributed by atoms with Gasteiger partial charge in [0.25, 0.3) is 5.91 Å². The van der Waals surface area contributed by atoms with Crippen LogP contribution in [-0.4, -0.2) is 21.1 Å². The molecule has 1 N–H and O–H groups in total. The number of nitrogens with one attached hydrogen (secondary N) is 1. The van der Waals surface area contributed by atoms with Crippen molar-refractivity contribution in [1.29, 1.82) is 0 Å². The molecular weight excluding hydrogens is 240 g/mol. The zero-order valence-corrected chi connectivity index (χ0v) is 10.4. The summed E-state index contributed by atoms with van der Waals surface area (Å²) < 4.78 is 0. The SMILES string of the molecule is O=C(NCc1ccncc1)c1ccc(C2CC2)nn1. The van der Waals surface area contributed by atoms with Crippen LogP contribution in [-0.2, 0) is 6.54 Å². The topological polar surface area (TPSA) is 67.8 Å². The first-order valence-corrected chi connectivity index (χ1v) is 6.33. The number of pyridine rings is 1. The Labute approximate surface area is 111 Å². The van der Waals surface area contributed by atoms with E-state index < -0.39 is 0 Å². The maximum atomic E-state index is 11.9. The number of aromatic nitrogens is 3. The van der Waals surface area contributed by atoms with Crippen molar-refractivity contribution in [1.82, 2.24) is 20.5 Å². The highest BCUT2D eigenvalue weighted by Gasteiger charge is 2.25. The van der Waals surface area contributed by atoms with E-state index in [1.807, 2.05) is 18.2 Å². The van der Waals surface area contributed by atoms with Crippen molar-refractivity contribution in [2.24, 2.45) is 0 Å². The second-order valence-corrected chi connectivity index (χ2v) is 4.66. The van der Waals surface area contributed by atoms with Gasteiger partial charge in [0.15, 0.2) is 5.69 Å². The molecule has 1 saturated carbocycles. The molecule has 2 aromatic rings. The molecule has 1 fully saturated rings. The second kappa shape index (κ2) is 5.14. The van der Waals surface area contributed by atoms with Crippen LogP contribution >= 0.6 is 0 Å². The fourth-order valence-corrected chi connectivity index (χ4v) is 1.83. The molecule has 0 unspecified atom stereocenters. The van der Waals surface area contributed by atoms with Crippen LogP contribution in [0.25, 0.3) is 0 Å². The summed E-state index contributed by atoms with van der Waals surface area (Å²) in [5.41, 5.74) is 2.36. The van der Waals surface area contributed by atoms with Crippen molar-refractivity contribution in [2.45, 2.75) is 25.3 Å². The van der Waals surface area contributed by atoms with Crippen molar-refractivity contribution in [3.8, 4) is 0 Å². The average Bonchev–Trinajstić information content (AvgIpc) is 3.31. The van der Waals surface area contributed by atoms with E-state index in [0.717, 1.165) is 11.3 Å². The predicted octanol–water partition coefficient (Wildman–Crippen LogP) is 1.68. The molecule has 0 saturated heterocycles. The van der Waals surface area contributed by atoms with Crippen molar-refractivity contribution in [3.63, 3.8) is 0 Å². The van der Waals surface area contributed by atoms with Crippen molar-refractivity contribution >= 4 is 5.91 Å². The summed E-state index contributed by atoms with van der Waals surface area (Å²) >= 11 is 0. The van der Waals surface area contributed by atoms with Gasteiger partial charge in [0.1, 0.15) is 0 Å². The molecule has 1 aliphatic carbocycles. The van der Waals surface area contributed by atoms with E-state index in [1.165, 1.54) is 12.8 Å². The molecule has 2 aromatic heterocycles. The minimum Gasteiger partial charge on any atom is -0.347 e. The summed E-state index contributed by atoms with van der Waals surface area (Å²) in [6, 6.07) is 7.36. The Morgan fingerprint density at radius 3 is 2.58 bits per heavy atom. The number of rotatable bonds is 4. The predicted molar refractivity (Wildman–Crippen MR) is 69.4 cm³/mol. The maximum absolute atomic E-state index is 11.9. The highest BCUT2D eigenvalue weighted by atomic mass is 16.1. The average molecular weight is 254 g/mol. The molecule has 0 aromatic carbocycles. The third-order valence-corrected chi connectivity index (χ3v) is 3.12. The summed E-state index contributed by atoms with van der Waals surface area (Å²) in [7, 11) is 0. The molecule has 0 bridgehead atoms. The molecule has 0 spiro atoms. The van der Waals surface area contributed by atoms with Crippen molar-refractivity contribution < 1.29 is 4.79 Å². The van der Waals surface area contributed by atoms with Crippen LogP contribution in [0.5, 0.6) is 0 Å². The van der Waals surface area contributed by atoms with Gasteiger partial charge < -0.3 is 5.32 Å². The van der Waals surface area contributed by atoms with E-state index in [0.29, 0.717) is 18.2 Å². The first kappa shape index (κ1) is 11.8. The van der Waals surface area contributed by atoms with Gasteiger partial charge in [-0.1, -0.05) is 0 Å². The number of nitrogens with zero attached hydrogens (tertiary/aromatic N) is 3. The third-order valence-electron chi connectivity index (χ3n) is 3.12. The summed E-state index contributed by atoms with van der Waals surface area (Å²) in [6.45, 7) is 0.466. The summed E-state index contributed by atoms with van der Waals surface area (Å²) in [5, 5.41) is 10.9. The normalized spacial score (nSPS) is 14.1. The summed E-state index contributed by atoms with van der Waals surface area (Å²) in [4.78, 5) is 15.8. The molecule has 0 aliphatic heterocycles. The van der Waals surface area contributed by atoms with Gasteiger partial charge in [-0.05, 0) is 42.7 Å². The Morgan fingerprint density at radius 1 is 1.16 bits per heavy atom. The molecule has 0 radical (unpaired) electrons. The van der Waals surface area contributed by atoms with Crippen molar-refractivity contribution in [2.75, 3.05) is 0 Å². The number of carbonyl (C=O) groups is 1. The van der Waals surface area contributed by atoms with Crippen molar-refractivity contribution in [3.05, 3.63) is 53.6 Å².